The number of allylic oxidation sites excluding steroid dienone is 1. The largest absolute Gasteiger partial charge is 0.356 e. The second-order valence-corrected chi connectivity index (χ2v) is 6.05. The van der Waals surface area contributed by atoms with Gasteiger partial charge < -0.3 is 5.32 Å². The van der Waals surface area contributed by atoms with Crippen LogP contribution in [-0.4, -0.2) is 13.0 Å². The van der Waals surface area contributed by atoms with Crippen molar-refractivity contribution in [1.82, 2.24) is 5.32 Å². The minimum atomic E-state index is 0.00435. The Morgan fingerprint density at radius 2 is 1.19 bits per heavy atom. The number of rotatable bonds is 15. The van der Waals surface area contributed by atoms with E-state index in [9.17, 15) is 4.79 Å². The molecule has 0 atom stereocenters. The van der Waals surface area contributed by atoms with Crippen molar-refractivity contribution >= 4 is 5.91 Å². The molecule has 0 saturated carbocycles. The van der Waals surface area contributed by atoms with Crippen molar-refractivity contribution in [1.29, 1.82) is 0 Å². The number of hydrogen-bond donors (Lipinski definition) is 1. The van der Waals surface area contributed by atoms with Crippen molar-refractivity contribution in [3.8, 4) is 0 Å². The van der Waals surface area contributed by atoms with E-state index in [1.165, 1.54) is 83.5 Å². The number of likely N-dealkylation sites (N-methyl/N-ethyl adjacent to an activating group) is 1. The van der Waals surface area contributed by atoms with E-state index < -0.39 is 0 Å². The molecule has 21 heavy (non-hydrogen) atoms. The van der Waals surface area contributed by atoms with Crippen LogP contribution in [0.5, 0.6) is 0 Å². The van der Waals surface area contributed by atoms with Gasteiger partial charge >= 0.3 is 0 Å². The lowest BCUT2D eigenvalue weighted by Gasteiger charge is -2.02. The van der Waals surface area contributed by atoms with Crippen LogP contribution in [0.1, 0.15) is 96.8 Å². The molecule has 1 N–H and O–H groups in total. The van der Waals surface area contributed by atoms with E-state index in [1.807, 2.05) is 6.08 Å². The lowest BCUT2D eigenvalue weighted by atomic mass is 10.0. The maximum atomic E-state index is 10.9. The van der Waals surface area contributed by atoms with Gasteiger partial charge in [-0.05, 0) is 18.9 Å². The zero-order valence-electron chi connectivity index (χ0n) is 14.5. The van der Waals surface area contributed by atoms with Crippen molar-refractivity contribution in [2.45, 2.75) is 96.8 Å². The Hall–Kier alpha value is -0.790. The molecule has 0 aromatic rings. The molecule has 0 aromatic carbocycles. The zero-order valence-corrected chi connectivity index (χ0v) is 14.5. The minimum absolute atomic E-state index is 0.00435. The zero-order chi connectivity index (χ0) is 15.6. The van der Waals surface area contributed by atoms with Gasteiger partial charge in [-0.2, -0.15) is 0 Å². The Bertz CT molecular complexity index is 248. The summed E-state index contributed by atoms with van der Waals surface area (Å²) in [5.41, 5.74) is 0. The van der Waals surface area contributed by atoms with E-state index in [0.29, 0.717) is 0 Å². The van der Waals surface area contributed by atoms with Crippen LogP contribution in [0, 0.1) is 0 Å². The predicted molar refractivity (Wildman–Crippen MR) is 93.5 cm³/mol. The molecule has 2 heteroatoms. The first-order valence-electron chi connectivity index (χ1n) is 9.19. The molecule has 0 unspecified atom stereocenters. The molecule has 0 rings (SSSR count). The molecule has 0 aliphatic rings. The highest BCUT2D eigenvalue weighted by Crippen LogP contribution is 2.12. The minimum Gasteiger partial charge on any atom is -0.356 e. The molecule has 0 aliphatic carbocycles. The normalized spacial score (nSPS) is 11.1. The van der Waals surface area contributed by atoms with E-state index >= 15 is 0 Å². The summed E-state index contributed by atoms with van der Waals surface area (Å²) in [5, 5.41) is 2.59. The smallest absolute Gasteiger partial charge is 0.243 e. The third-order valence-corrected chi connectivity index (χ3v) is 3.99. The van der Waals surface area contributed by atoms with Gasteiger partial charge in [0.2, 0.25) is 5.91 Å². The molecular formula is C19H37NO. The first-order valence-corrected chi connectivity index (χ1v) is 9.19. The average Bonchev–Trinajstić information content (AvgIpc) is 2.50. The first-order chi connectivity index (χ1) is 10.3. The summed E-state index contributed by atoms with van der Waals surface area (Å²) in [6, 6.07) is 0. The van der Waals surface area contributed by atoms with E-state index in [-0.39, 0.29) is 5.91 Å². The van der Waals surface area contributed by atoms with Crippen LogP contribution < -0.4 is 5.32 Å². The molecule has 0 spiro atoms. The Kier molecular flexibility index (Phi) is 16.6. The highest BCUT2D eigenvalue weighted by molar-refractivity contribution is 5.87. The highest BCUT2D eigenvalue weighted by atomic mass is 16.1. The van der Waals surface area contributed by atoms with Gasteiger partial charge in [0.1, 0.15) is 0 Å². The predicted octanol–water partition coefficient (Wildman–Crippen LogP) is 5.77. The molecule has 0 saturated heterocycles. The van der Waals surface area contributed by atoms with Crippen LogP contribution in [0.3, 0.4) is 0 Å². The summed E-state index contributed by atoms with van der Waals surface area (Å²) in [4.78, 5) is 10.9. The van der Waals surface area contributed by atoms with Crippen LogP contribution in [-0.2, 0) is 4.79 Å². The van der Waals surface area contributed by atoms with Crippen LogP contribution in [0.2, 0.25) is 0 Å². The highest BCUT2D eigenvalue weighted by Gasteiger charge is 1.93. The van der Waals surface area contributed by atoms with E-state index in [1.54, 1.807) is 13.1 Å². The Morgan fingerprint density at radius 3 is 1.62 bits per heavy atom. The third-order valence-electron chi connectivity index (χ3n) is 3.99. The number of carbonyl (C=O) groups excluding carboxylic acids is 1. The number of unbranched alkanes of at least 4 members (excludes halogenated alkanes) is 13. The molecule has 0 radical (unpaired) electrons. The maximum absolute atomic E-state index is 10.9. The van der Waals surface area contributed by atoms with Crippen LogP contribution >= 0.6 is 0 Å². The van der Waals surface area contributed by atoms with E-state index in [0.717, 1.165) is 6.42 Å². The maximum Gasteiger partial charge on any atom is 0.243 e. The number of hydrogen-bond acceptors (Lipinski definition) is 1. The third kappa shape index (κ3) is 17.2. The standard InChI is InChI=1S/C19H37NO/c1-3-4-5-6-7-8-9-10-11-12-13-14-15-16-17-18-19(21)20-2/h17-18H,3-16H2,1-2H3,(H,20,21). The number of nitrogens with one attached hydrogen (secondary N) is 1. The van der Waals surface area contributed by atoms with Gasteiger partial charge in [0.05, 0.1) is 0 Å². The topological polar surface area (TPSA) is 29.1 Å². The van der Waals surface area contributed by atoms with E-state index in [2.05, 4.69) is 12.2 Å². The van der Waals surface area contributed by atoms with Gasteiger partial charge in [-0.15, -0.1) is 0 Å². The summed E-state index contributed by atoms with van der Waals surface area (Å²) in [7, 11) is 1.66. The molecule has 0 fully saturated rings. The molecule has 1 amide bonds. The van der Waals surface area contributed by atoms with Crippen molar-refractivity contribution in [3.05, 3.63) is 12.2 Å². The SMILES string of the molecule is CCCCCCCCCCCCCCCC=CC(=O)NC. The number of carbonyl (C=O) groups is 1. The molecule has 124 valence electrons. The van der Waals surface area contributed by atoms with Crippen LogP contribution in [0.25, 0.3) is 0 Å². The Labute approximate surface area is 132 Å². The van der Waals surface area contributed by atoms with Gasteiger partial charge in [0.15, 0.2) is 0 Å². The summed E-state index contributed by atoms with van der Waals surface area (Å²) in [5.74, 6) is 0.00435. The quantitative estimate of drug-likeness (QED) is 0.301. The van der Waals surface area contributed by atoms with Crippen molar-refractivity contribution in [2.24, 2.45) is 0 Å². The fourth-order valence-corrected chi connectivity index (χ4v) is 2.55. The lowest BCUT2D eigenvalue weighted by molar-refractivity contribution is -0.116. The average molecular weight is 296 g/mol. The molecule has 0 aromatic heterocycles. The van der Waals surface area contributed by atoms with Crippen LogP contribution in [0.4, 0.5) is 0 Å². The van der Waals surface area contributed by atoms with Gasteiger partial charge in [-0.1, -0.05) is 90.0 Å². The summed E-state index contributed by atoms with van der Waals surface area (Å²) < 4.78 is 0. The summed E-state index contributed by atoms with van der Waals surface area (Å²) in [6.07, 6.45) is 22.7. The second kappa shape index (κ2) is 17.3. The molecule has 0 heterocycles. The fraction of sp³-hybridized carbons (Fsp3) is 0.842. The van der Waals surface area contributed by atoms with Crippen molar-refractivity contribution in [2.75, 3.05) is 7.05 Å². The molecule has 0 aliphatic heterocycles. The summed E-state index contributed by atoms with van der Waals surface area (Å²) in [6.45, 7) is 2.28. The van der Waals surface area contributed by atoms with Crippen LogP contribution in [0.15, 0.2) is 12.2 Å². The van der Waals surface area contributed by atoms with Crippen molar-refractivity contribution < 1.29 is 4.79 Å². The molecular weight excluding hydrogens is 258 g/mol. The van der Waals surface area contributed by atoms with Gasteiger partial charge in [0.25, 0.3) is 0 Å². The summed E-state index contributed by atoms with van der Waals surface area (Å²) >= 11 is 0. The van der Waals surface area contributed by atoms with Crippen molar-refractivity contribution in [3.63, 3.8) is 0 Å². The van der Waals surface area contributed by atoms with Gasteiger partial charge in [-0.3, -0.25) is 4.79 Å². The first kappa shape index (κ1) is 20.2. The van der Waals surface area contributed by atoms with E-state index in [4.69, 9.17) is 0 Å². The molecule has 0 bridgehead atoms. The molecule has 2 nitrogen and oxygen atoms in total. The lowest BCUT2D eigenvalue weighted by Crippen LogP contribution is -2.13. The fourth-order valence-electron chi connectivity index (χ4n) is 2.55. The monoisotopic (exact) mass is 295 g/mol. The van der Waals surface area contributed by atoms with Gasteiger partial charge in [0, 0.05) is 7.05 Å². The number of amides is 1. The Balaban J connectivity index is 3.06. The Morgan fingerprint density at radius 1 is 0.762 bits per heavy atom. The van der Waals surface area contributed by atoms with Gasteiger partial charge in [-0.25, -0.2) is 0 Å². The second-order valence-electron chi connectivity index (χ2n) is 6.05.